The molecule has 13 nitrogen and oxygen atoms in total. The van der Waals surface area contributed by atoms with Crippen LogP contribution < -0.4 is 14.8 Å². The molecule has 4 amide bonds. The number of ether oxygens (including phenoxy) is 4. The van der Waals surface area contributed by atoms with Gasteiger partial charge in [-0.25, -0.2) is 0 Å². The third-order valence-corrected chi connectivity index (χ3v) is 10.2. The van der Waals surface area contributed by atoms with Gasteiger partial charge in [-0.15, -0.1) is 0 Å². The zero-order chi connectivity index (χ0) is 44.1. The van der Waals surface area contributed by atoms with Crippen molar-refractivity contribution in [3.05, 3.63) is 82.0 Å². The molecule has 2 aliphatic rings. The molecule has 1 unspecified atom stereocenters. The quantitative estimate of drug-likeness (QED) is 0.0579. The summed E-state index contributed by atoms with van der Waals surface area (Å²) in [6.45, 7) is 1.51. The lowest BCUT2D eigenvalue weighted by molar-refractivity contribution is -0.141. The van der Waals surface area contributed by atoms with Crippen LogP contribution in [0.15, 0.2) is 54.6 Å². The summed E-state index contributed by atoms with van der Waals surface area (Å²) in [6.07, 6.45) is -7.21. The summed E-state index contributed by atoms with van der Waals surface area (Å²) in [4.78, 5) is 50.9. The Morgan fingerprint density at radius 3 is 2.16 bits per heavy atom. The number of hydrogen-bond donors (Lipinski definition) is 2. The van der Waals surface area contributed by atoms with E-state index in [0.717, 1.165) is 27.8 Å². The number of rotatable bonds is 18. The Morgan fingerprint density at radius 1 is 0.770 bits per heavy atom. The van der Waals surface area contributed by atoms with Crippen LogP contribution in [0.5, 0.6) is 17.2 Å². The highest BCUT2D eigenvalue weighted by atomic mass is 35.5. The van der Waals surface area contributed by atoms with Crippen molar-refractivity contribution < 1.29 is 69.6 Å². The van der Waals surface area contributed by atoms with Crippen LogP contribution in [-0.4, -0.2) is 89.1 Å². The van der Waals surface area contributed by atoms with E-state index in [-0.39, 0.29) is 77.7 Å². The van der Waals surface area contributed by atoms with Crippen LogP contribution in [0.3, 0.4) is 0 Å². The van der Waals surface area contributed by atoms with Crippen molar-refractivity contribution in [2.75, 3.05) is 39.6 Å². The maximum absolute atomic E-state index is 13.8. The summed E-state index contributed by atoms with van der Waals surface area (Å²) < 4.78 is 105. The number of carbonyl (C=O) groups excluding carboxylic acids is 4. The van der Waals surface area contributed by atoms with Crippen molar-refractivity contribution in [3.63, 3.8) is 0 Å². The number of alkyl halides is 6. The molecule has 0 spiro atoms. The summed E-state index contributed by atoms with van der Waals surface area (Å²) in [5, 5.41) is 16.4. The first-order valence-corrected chi connectivity index (χ1v) is 19.5. The summed E-state index contributed by atoms with van der Waals surface area (Å²) in [6, 6.07) is 9.86. The second-order valence-electron chi connectivity index (χ2n) is 14.0. The molecule has 4 aromatic rings. The fourth-order valence-corrected chi connectivity index (χ4v) is 7.11. The van der Waals surface area contributed by atoms with Gasteiger partial charge < -0.3 is 24.1 Å². The highest BCUT2D eigenvalue weighted by Crippen LogP contribution is 2.47. The first kappa shape index (κ1) is 44.9. The topological polar surface area (TPSA) is 159 Å². The zero-order valence-electron chi connectivity index (χ0n) is 32.5. The minimum atomic E-state index is -4.83. The minimum absolute atomic E-state index is 0.00394. The first-order chi connectivity index (χ1) is 29.0. The molecule has 1 atom stereocenters. The Bertz CT molecular complexity index is 2300. The monoisotopic (exact) mass is 880 g/mol. The number of piperidine rings is 1. The van der Waals surface area contributed by atoms with Crippen LogP contribution in [0.25, 0.3) is 22.4 Å². The second-order valence-corrected chi connectivity index (χ2v) is 14.4. The number of fused-ring (bicyclic) bond motifs is 1. The van der Waals surface area contributed by atoms with E-state index >= 15 is 0 Å². The van der Waals surface area contributed by atoms with Crippen LogP contribution in [0.4, 0.5) is 26.3 Å². The van der Waals surface area contributed by atoms with E-state index in [1.54, 1.807) is 12.1 Å². The molecular weight excluding hydrogens is 842 g/mol. The first-order valence-electron chi connectivity index (χ1n) is 19.1. The SMILES string of the molecule is Cn1nc(C(F)(F)F)cc1-c1ccc(OCCCCCOCCCOCCOc2cccc3c2C(=O)N(C2CCC(=O)NC2=O)C3=O)c(-c2ccc(Cl)c(C(F)(F)F)c2)c1O. The molecule has 6 rings (SSSR count). The highest BCUT2D eigenvalue weighted by Gasteiger charge is 2.46. The number of nitrogens with one attached hydrogen (secondary N) is 1. The number of hydrogen-bond acceptors (Lipinski definition) is 10. The lowest BCUT2D eigenvalue weighted by atomic mass is 9.97. The van der Waals surface area contributed by atoms with E-state index in [9.17, 15) is 50.6 Å². The third-order valence-electron chi connectivity index (χ3n) is 9.83. The molecule has 3 aromatic carbocycles. The summed E-state index contributed by atoms with van der Waals surface area (Å²) in [5.74, 6) is -2.91. The summed E-state index contributed by atoms with van der Waals surface area (Å²) >= 11 is 5.82. The largest absolute Gasteiger partial charge is 0.506 e. The van der Waals surface area contributed by atoms with Gasteiger partial charge in [-0.1, -0.05) is 23.7 Å². The van der Waals surface area contributed by atoms with Crippen LogP contribution >= 0.6 is 11.6 Å². The van der Waals surface area contributed by atoms with Crippen molar-refractivity contribution >= 4 is 35.2 Å². The fraction of sp³-hybridized carbons (Fsp3) is 0.390. The lowest BCUT2D eigenvalue weighted by Gasteiger charge is -2.27. The molecule has 2 N–H and O–H groups in total. The van der Waals surface area contributed by atoms with E-state index in [1.807, 2.05) is 0 Å². The molecule has 0 bridgehead atoms. The molecule has 0 aliphatic carbocycles. The average molecular weight is 881 g/mol. The van der Waals surface area contributed by atoms with Crippen LogP contribution in [-0.2, 0) is 38.5 Å². The molecule has 0 saturated carbocycles. The van der Waals surface area contributed by atoms with Gasteiger partial charge in [0, 0.05) is 38.9 Å². The van der Waals surface area contributed by atoms with Gasteiger partial charge in [0.1, 0.15) is 29.9 Å². The fourth-order valence-electron chi connectivity index (χ4n) is 6.88. The van der Waals surface area contributed by atoms with Gasteiger partial charge in [-0.2, -0.15) is 31.4 Å². The van der Waals surface area contributed by atoms with E-state index < -0.39 is 64.1 Å². The lowest BCUT2D eigenvalue weighted by Crippen LogP contribution is -2.54. The Morgan fingerprint density at radius 2 is 1.46 bits per heavy atom. The number of aromatic hydroxyl groups is 1. The molecule has 3 heterocycles. The van der Waals surface area contributed by atoms with Crippen molar-refractivity contribution in [1.82, 2.24) is 20.0 Å². The van der Waals surface area contributed by atoms with Gasteiger partial charge in [0.05, 0.1) is 46.2 Å². The number of amides is 4. The predicted octanol–water partition coefficient (Wildman–Crippen LogP) is 7.60. The van der Waals surface area contributed by atoms with Gasteiger partial charge in [0.15, 0.2) is 5.69 Å². The molecule has 2 aliphatic heterocycles. The molecule has 1 saturated heterocycles. The van der Waals surface area contributed by atoms with Crippen LogP contribution in [0, 0.1) is 0 Å². The number of phenolic OH excluding ortho intramolecular Hbond substituents is 1. The number of carbonyl (C=O) groups is 4. The second kappa shape index (κ2) is 18.9. The Hall–Kier alpha value is -5.66. The number of halogens is 7. The number of aryl methyl sites for hydroxylation is 1. The van der Waals surface area contributed by atoms with Gasteiger partial charge in [-0.05, 0) is 80.1 Å². The molecule has 1 aromatic heterocycles. The zero-order valence-corrected chi connectivity index (χ0v) is 33.2. The molecule has 20 heteroatoms. The number of aromatic nitrogens is 2. The molecule has 326 valence electrons. The smallest absolute Gasteiger partial charge is 0.435 e. The number of phenols is 1. The van der Waals surface area contributed by atoms with Crippen molar-refractivity contribution in [1.29, 1.82) is 0 Å². The normalized spacial score (nSPS) is 15.7. The van der Waals surface area contributed by atoms with Gasteiger partial charge in [-0.3, -0.25) is 34.1 Å². The maximum Gasteiger partial charge on any atom is 0.435 e. The number of nitrogens with zero attached hydrogens (tertiary/aromatic N) is 3. The van der Waals surface area contributed by atoms with Gasteiger partial charge in [0.25, 0.3) is 11.8 Å². The Labute approximate surface area is 349 Å². The van der Waals surface area contributed by atoms with E-state index in [2.05, 4.69) is 10.4 Å². The Kier molecular flexibility index (Phi) is 13.9. The van der Waals surface area contributed by atoms with E-state index in [4.69, 9.17) is 30.5 Å². The molecular formula is C41H39ClF6N4O9. The van der Waals surface area contributed by atoms with Gasteiger partial charge >= 0.3 is 12.4 Å². The standard InChI is InChI=1S/C41H39ClF6N4O9/c1-51-29(22-32(50-51)41(46,47)48)24-10-13-31(34(36(24)54)23-9-11-27(42)26(21-23)40(43,44)45)60-18-4-2-3-15-58-16-6-17-59-19-20-61-30-8-5-7-25-35(30)39(57)52(38(25)56)28-12-14-33(53)49-37(28)55/h5,7-11,13,21-22,28,54H,2-4,6,12,14-20H2,1H3,(H,49,53,55). The number of unbranched alkanes of at least 4 members (excludes halogenated alkanes) is 2. The number of imide groups is 2. The van der Waals surface area contributed by atoms with Crippen molar-refractivity contribution in [2.24, 2.45) is 7.05 Å². The minimum Gasteiger partial charge on any atom is -0.506 e. The maximum atomic E-state index is 13.8. The Balaban J connectivity index is 0.926. The van der Waals surface area contributed by atoms with E-state index in [0.29, 0.717) is 45.5 Å². The predicted molar refractivity (Wildman–Crippen MR) is 205 cm³/mol. The molecule has 61 heavy (non-hydrogen) atoms. The van der Waals surface area contributed by atoms with Crippen molar-refractivity contribution in [2.45, 2.75) is 56.9 Å². The average Bonchev–Trinajstić information content (AvgIpc) is 3.71. The molecule has 1 fully saturated rings. The van der Waals surface area contributed by atoms with E-state index in [1.165, 1.54) is 31.3 Å². The van der Waals surface area contributed by atoms with Gasteiger partial charge in [0.2, 0.25) is 11.8 Å². The summed E-state index contributed by atoms with van der Waals surface area (Å²) in [7, 11) is 1.24. The van der Waals surface area contributed by atoms with Crippen molar-refractivity contribution in [3.8, 4) is 39.6 Å². The molecule has 0 radical (unpaired) electrons. The third kappa shape index (κ3) is 10.3. The summed E-state index contributed by atoms with van der Waals surface area (Å²) in [5.41, 5.74) is -2.76. The highest BCUT2D eigenvalue weighted by molar-refractivity contribution is 6.31. The number of benzene rings is 3. The van der Waals surface area contributed by atoms with Crippen LogP contribution in [0.2, 0.25) is 5.02 Å². The van der Waals surface area contributed by atoms with Crippen LogP contribution in [0.1, 0.15) is 70.5 Å².